The molecular formula is C40H40N5S+. The molecule has 230 valence electrons. The standard InChI is InChI=1S/C40H40N5S/c1-41-15-13-34-32(23-41)30-9-6-10-37-40(30)44(34)25-38(46-37)28-11-17-43(18-12-28)22-26-19-29-21-36(27-7-4-3-5-8-27)45-35-14-16-42(2)24-33(35)31(20-26)39(29)45/h3-12,17-20,36,38H,13-16,21-25H2,1-2H3/q+1. The normalized spacial score (nSPS) is 20.8. The van der Waals surface area contributed by atoms with Crippen LogP contribution in [0.5, 0.6) is 0 Å². The number of fused-ring (bicyclic) bond motifs is 6. The summed E-state index contributed by atoms with van der Waals surface area (Å²) < 4.78 is 7.76. The summed E-state index contributed by atoms with van der Waals surface area (Å²) in [6.07, 6.45) is 8.00. The molecule has 4 aliphatic rings. The van der Waals surface area contributed by atoms with E-state index in [9.17, 15) is 0 Å². The summed E-state index contributed by atoms with van der Waals surface area (Å²) in [7, 11) is 4.52. The molecule has 6 aromatic rings. The van der Waals surface area contributed by atoms with E-state index in [1.807, 2.05) is 0 Å². The van der Waals surface area contributed by atoms with Gasteiger partial charge in [0.15, 0.2) is 18.9 Å². The van der Waals surface area contributed by atoms with Crippen LogP contribution < -0.4 is 4.57 Å². The molecule has 3 aromatic carbocycles. The summed E-state index contributed by atoms with van der Waals surface area (Å²) >= 11 is 2.05. The Morgan fingerprint density at radius 2 is 1.52 bits per heavy atom. The van der Waals surface area contributed by atoms with Crippen molar-refractivity contribution in [1.29, 1.82) is 0 Å². The van der Waals surface area contributed by atoms with Gasteiger partial charge in [0.25, 0.3) is 0 Å². The van der Waals surface area contributed by atoms with Crippen molar-refractivity contribution in [1.82, 2.24) is 18.9 Å². The fraction of sp³-hybridized carbons (Fsp3) is 0.325. The number of para-hydroxylation sites is 1. The van der Waals surface area contributed by atoms with Crippen LogP contribution in [0.2, 0.25) is 0 Å². The molecule has 2 unspecified atom stereocenters. The van der Waals surface area contributed by atoms with Gasteiger partial charge >= 0.3 is 0 Å². The highest BCUT2D eigenvalue weighted by Gasteiger charge is 2.34. The molecule has 4 aliphatic heterocycles. The number of nitrogens with zero attached hydrogens (tertiary/aromatic N) is 5. The van der Waals surface area contributed by atoms with E-state index in [-0.39, 0.29) is 0 Å². The summed E-state index contributed by atoms with van der Waals surface area (Å²) in [4.78, 5) is 6.38. The van der Waals surface area contributed by atoms with Gasteiger partial charge in [0, 0.05) is 90.3 Å². The maximum absolute atomic E-state index is 2.71. The molecule has 5 nitrogen and oxygen atoms in total. The third-order valence-corrected chi connectivity index (χ3v) is 12.5. The lowest BCUT2D eigenvalue weighted by Gasteiger charge is -2.28. The highest BCUT2D eigenvalue weighted by molar-refractivity contribution is 7.99. The molecule has 0 saturated carbocycles. The second kappa shape index (κ2) is 10.3. The third kappa shape index (κ3) is 4.13. The molecule has 10 rings (SSSR count). The maximum Gasteiger partial charge on any atom is 0.173 e. The molecular weight excluding hydrogens is 583 g/mol. The average molecular weight is 623 g/mol. The van der Waals surface area contributed by atoms with Crippen molar-refractivity contribution in [3.8, 4) is 0 Å². The SMILES string of the molecule is CN1CCc2c(c3cccc4c3n2CC(c2cc[n+](Cc3cc5c6c(c3)c3c(n6C(c6ccccc6)C5)CCN(C)C3)cc2)S4)C1. The van der Waals surface area contributed by atoms with Gasteiger partial charge in [0.2, 0.25) is 0 Å². The smallest absolute Gasteiger partial charge is 0.173 e. The van der Waals surface area contributed by atoms with Crippen molar-refractivity contribution in [3.63, 3.8) is 0 Å². The minimum absolute atomic E-state index is 0.402. The molecule has 0 aliphatic carbocycles. The van der Waals surface area contributed by atoms with Gasteiger partial charge in [-0.15, -0.1) is 11.8 Å². The van der Waals surface area contributed by atoms with Crippen molar-refractivity contribution in [2.45, 2.75) is 61.6 Å². The molecule has 46 heavy (non-hydrogen) atoms. The monoisotopic (exact) mass is 622 g/mol. The zero-order valence-electron chi connectivity index (χ0n) is 26.7. The summed E-state index contributed by atoms with van der Waals surface area (Å²) in [5.41, 5.74) is 15.0. The lowest BCUT2D eigenvalue weighted by atomic mass is 9.95. The van der Waals surface area contributed by atoms with Crippen LogP contribution in [-0.4, -0.2) is 46.1 Å². The van der Waals surface area contributed by atoms with Crippen LogP contribution in [0.15, 0.2) is 90.1 Å². The van der Waals surface area contributed by atoms with Crippen molar-refractivity contribution in [2.75, 3.05) is 27.2 Å². The molecule has 0 amide bonds. The van der Waals surface area contributed by atoms with Gasteiger partial charge in [0.1, 0.15) is 0 Å². The fourth-order valence-corrected chi connectivity index (χ4v) is 10.4. The molecule has 0 N–H and O–H groups in total. The highest BCUT2D eigenvalue weighted by atomic mass is 32.2. The van der Waals surface area contributed by atoms with Crippen molar-refractivity contribution in [2.24, 2.45) is 0 Å². The van der Waals surface area contributed by atoms with Crippen LogP contribution in [0.3, 0.4) is 0 Å². The van der Waals surface area contributed by atoms with Crippen LogP contribution in [0, 0.1) is 0 Å². The van der Waals surface area contributed by atoms with Crippen molar-refractivity contribution in [3.05, 3.63) is 130 Å². The van der Waals surface area contributed by atoms with E-state index < -0.39 is 0 Å². The van der Waals surface area contributed by atoms with Crippen LogP contribution in [-0.2, 0) is 45.4 Å². The first kappa shape index (κ1) is 27.3. The quantitative estimate of drug-likeness (QED) is 0.200. The minimum Gasteiger partial charge on any atom is -0.342 e. The third-order valence-electron chi connectivity index (χ3n) is 11.2. The summed E-state index contributed by atoms with van der Waals surface area (Å²) in [6.45, 7) is 6.34. The first-order valence-corrected chi connectivity index (χ1v) is 17.8. The van der Waals surface area contributed by atoms with Gasteiger partial charge in [-0.2, -0.15) is 0 Å². The lowest BCUT2D eigenvalue weighted by Crippen LogP contribution is -2.33. The summed E-state index contributed by atoms with van der Waals surface area (Å²) in [5, 5.41) is 3.38. The van der Waals surface area contributed by atoms with Crippen LogP contribution in [0.4, 0.5) is 0 Å². The zero-order chi connectivity index (χ0) is 30.5. The zero-order valence-corrected chi connectivity index (χ0v) is 27.6. The van der Waals surface area contributed by atoms with E-state index >= 15 is 0 Å². The second-order valence-electron chi connectivity index (χ2n) is 14.2. The summed E-state index contributed by atoms with van der Waals surface area (Å²) in [6, 6.07) is 28.3. The Bertz CT molecular complexity index is 2160. The Hall–Kier alpha value is -3.84. The molecule has 7 heterocycles. The number of likely N-dealkylation sites (N-methyl/N-ethyl adjacent to an activating group) is 2. The first-order valence-electron chi connectivity index (χ1n) is 17.0. The van der Waals surface area contributed by atoms with Gasteiger partial charge in [-0.25, -0.2) is 4.57 Å². The maximum atomic E-state index is 2.71. The highest BCUT2D eigenvalue weighted by Crippen LogP contribution is 2.48. The number of aromatic nitrogens is 3. The predicted molar refractivity (Wildman–Crippen MR) is 187 cm³/mol. The van der Waals surface area contributed by atoms with E-state index in [0.29, 0.717) is 11.3 Å². The molecule has 0 bridgehead atoms. The first-order chi connectivity index (χ1) is 22.6. The van der Waals surface area contributed by atoms with Crippen LogP contribution in [0.1, 0.15) is 56.1 Å². The Kier molecular flexibility index (Phi) is 6.13. The number of hydrogen-bond acceptors (Lipinski definition) is 3. The molecule has 0 saturated heterocycles. The van der Waals surface area contributed by atoms with E-state index in [1.165, 1.54) is 49.0 Å². The number of pyridine rings is 1. The molecule has 3 aromatic heterocycles. The molecule has 0 fully saturated rings. The largest absolute Gasteiger partial charge is 0.342 e. The van der Waals surface area contributed by atoms with Gasteiger partial charge < -0.3 is 18.9 Å². The van der Waals surface area contributed by atoms with Gasteiger partial charge in [-0.3, -0.25) is 0 Å². The van der Waals surface area contributed by atoms with E-state index in [1.54, 1.807) is 22.5 Å². The predicted octanol–water partition coefficient (Wildman–Crippen LogP) is 6.90. The van der Waals surface area contributed by atoms with E-state index in [4.69, 9.17) is 0 Å². The lowest BCUT2D eigenvalue weighted by molar-refractivity contribution is -0.688. The van der Waals surface area contributed by atoms with Crippen LogP contribution in [0.25, 0.3) is 21.8 Å². The molecule has 0 radical (unpaired) electrons. The fourth-order valence-electron chi connectivity index (χ4n) is 9.07. The minimum atomic E-state index is 0.402. The van der Waals surface area contributed by atoms with E-state index in [0.717, 1.165) is 58.5 Å². The number of benzene rings is 3. The van der Waals surface area contributed by atoms with Crippen molar-refractivity contribution < 1.29 is 4.57 Å². The Morgan fingerprint density at radius 1 is 0.761 bits per heavy atom. The Morgan fingerprint density at radius 3 is 2.33 bits per heavy atom. The van der Waals surface area contributed by atoms with E-state index in [2.05, 4.69) is 135 Å². The average Bonchev–Trinajstić information content (AvgIpc) is 3.72. The van der Waals surface area contributed by atoms with Gasteiger partial charge in [-0.1, -0.05) is 42.5 Å². The molecule has 0 spiro atoms. The molecule has 2 atom stereocenters. The topological polar surface area (TPSA) is 20.2 Å². The number of hydrogen-bond donors (Lipinski definition) is 0. The Balaban J connectivity index is 0.959. The number of thioether (sulfide) groups is 1. The van der Waals surface area contributed by atoms with Gasteiger partial charge in [0.05, 0.1) is 22.3 Å². The number of rotatable bonds is 4. The van der Waals surface area contributed by atoms with Crippen molar-refractivity contribution >= 4 is 33.6 Å². The van der Waals surface area contributed by atoms with Gasteiger partial charge in [-0.05, 0) is 66.5 Å². The Labute approximate surface area is 275 Å². The second-order valence-corrected chi connectivity index (χ2v) is 15.4. The summed E-state index contributed by atoms with van der Waals surface area (Å²) in [5.74, 6) is 0. The van der Waals surface area contributed by atoms with Crippen LogP contribution >= 0.6 is 11.8 Å². The molecule has 6 heteroatoms.